The molecule has 0 amide bonds. The van der Waals surface area contributed by atoms with Gasteiger partial charge >= 0.3 is 0 Å². The van der Waals surface area contributed by atoms with Crippen LogP contribution in [0.3, 0.4) is 0 Å². The Hall–Kier alpha value is -2.29. The van der Waals surface area contributed by atoms with Gasteiger partial charge in [-0.3, -0.25) is 9.58 Å². The van der Waals surface area contributed by atoms with Crippen LogP contribution >= 0.6 is 11.3 Å². The van der Waals surface area contributed by atoms with E-state index in [1.54, 1.807) is 11.3 Å². The van der Waals surface area contributed by atoms with E-state index >= 15 is 0 Å². The number of pyridine rings is 1. The van der Waals surface area contributed by atoms with Crippen molar-refractivity contribution in [1.29, 1.82) is 0 Å². The van der Waals surface area contributed by atoms with E-state index in [1.165, 1.54) is 16.1 Å². The highest BCUT2D eigenvalue weighted by atomic mass is 32.1. The molecular formula is C19H24N6OS. The minimum atomic E-state index is -0.0319. The van der Waals surface area contributed by atoms with Gasteiger partial charge in [-0.2, -0.15) is 5.10 Å². The van der Waals surface area contributed by atoms with Crippen molar-refractivity contribution < 1.29 is 4.74 Å². The summed E-state index contributed by atoms with van der Waals surface area (Å²) in [6.07, 6.45) is 3.79. The van der Waals surface area contributed by atoms with Crippen LogP contribution in [0.25, 0.3) is 0 Å². The van der Waals surface area contributed by atoms with Gasteiger partial charge in [0.25, 0.3) is 0 Å². The second-order valence-electron chi connectivity index (χ2n) is 6.82. The second kappa shape index (κ2) is 7.75. The fourth-order valence-corrected chi connectivity index (χ4v) is 3.86. The zero-order chi connectivity index (χ0) is 18.8. The van der Waals surface area contributed by atoms with E-state index < -0.39 is 0 Å². The number of morpholine rings is 1. The van der Waals surface area contributed by atoms with E-state index in [4.69, 9.17) is 9.72 Å². The lowest BCUT2D eigenvalue weighted by Gasteiger charge is -2.32. The first-order chi connectivity index (χ1) is 13.1. The summed E-state index contributed by atoms with van der Waals surface area (Å²) >= 11 is 1.62. The van der Waals surface area contributed by atoms with Gasteiger partial charge in [0.15, 0.2) is 5.13 Å². The maximum absolute atomic E-state index is 6.01. The summed E-state index contributed by atoms with van der Waals surface area (Å²) in [7, 11) is 1.98. The molecule has 1 aliphatic rings. The van der Waals surface area contributed by atoms with Crippen molar-refractivity contribution in [3.8, 4) is 0 Å². The first kappa shape index (κ1) is 18.1. The van der Waals surface area contributed by atoms with Gasteiger partial charge in [0, 0.05) is 49.0 Å². The van der Waals surface area contributed by atoms with E-state index in [-0.39, 0.29) is 6.10 Å². The van der Waals surface area contributed by atoms with Crippen LogP contribution in [0.15, 0.2) is 30.6 Å². The predicted octanol–water partition coefficient (Wildman–Crippen LogP) is 3.21. The third-order valence-corrected chi connectivity index (χ3v) is 5.67. The van der Waals surface area contributed by atoms with Crippen molar-refractivity contribution >= 4 is 22.3 Å². The number of anilines is 2. The van der Waals surface area contributed by atoms with Gasteiger partial charge in [-0.15, -0.1) is 11.3 Å². The lowest BCUT2D eigenvalue weighted by Crippen LogP contribution is -2.38. The molecule has 1 unspecified atom stereocenters. The van der Waals surface area contributed by atoms with Crippen molar-refractivity contribution in [2.75, 3.05) is 25.0 Å². The van der Waals surface area contributed by atoms with Gasteiger partial charge in [0.05, 0.1) is 18.5 Å². The van der Waals surface area contributed by atoms with Gasteiger partial charge in [-0.25, -0.2) is 9.97 Å². The number of ether oxygens (including phenoxy) is 1. The SMILES string of the molecule is Cc1cnc(Nc2cccc(C3CN(Cc4cnn(C)c4C)CCO3)n2)s1. The first-order valence-corrected chi connectivity index (χ1v) is 9.88. The van der Waals surface area contributed by atoms with Crippen LogP contribution in [-0.4, -0.2) is 44.3 Å². The van der Waals surface area contributed by atoms with Crippen LogP contribution < -0.4 is 5.32 Å². The summed E-state index contributed by atoms with van der Waals surface area (Å²) in [6.45, 7) is 7.48. The highest BCUT2D eigenvalue weighted by Crippen LogP contribution is 2.25. The first-order valence-electron chi connectivity index (χ1n) is 9.06. The Morgan fingerprint density at radius 2 is 2.19 bits per heavy atom. The third kappa shape index (κ3) is 4.18. The number of thiazole rings is 1. The van der Waals surface area contributed by atoms with Gasteiger partial charge in [-0.05, 0) is 26.0 Å². The van der Waals surface area contributed by atoms with Crippen molar-refractivity contribution in [2.24, 2.45) is 7.05 Å². The minimum absolute atomic E-state index is 0.0319. The third-order valence-electron chi connectivity index (χ3n) is 4.84. The smallest absolute Gasteiger partial charge is 0.188 e. The molecule has 0 spiro atoms. The van der Waals surface area contributed by atoms with Crippen LogP contribution in [0.1, 0.15) is 27.9 Å². The quantitative estimate of drug-likeness (QED) is 0.729. The Balaban J connectivity index is 1.44. The Morgan fingerprint density at radius 1 is 1.30 bits per heavy atom. The van der Waals surface area contributed by atoms with E-state index in [1.807, 2.05) is 49.2 Å². The predicted molar refractivity (Wildman–Crippen MR) is 106 cm³/mol. The van der Waals surface area contributed by atoms with Crippen LogP contribution in [-0.2, 0) is 18.3 Å². The molecule has 0 aromatic carbocycles. The number of hydrogen-bond acceptors (Lipinski definition) is 7. The molecule has 142 valence electrons. The number of nitrogens with one attached hydrogen (secondary N) is 1. The number of hydrogen-bond donors (Lipinski definition) is 1. The number of nitrogens with zero attached hydrogens (tertiary/aromatic N) is 5. The molecule has 3 aromatic rings. The Labute approximate surface area is 163 Å². The van der Waals surface area contributed by atoms with Crippen molar-refractivity contribution in [1.82, 2.24) is 24.6 Å². The number of rotatable bonds is 5. The summed E-state index contributed by atoms with van der Waals surface area (Å²) < 4.78 is 7.93. The topological polar surface area (TPSA) is 68.1 Å². The van der Waals surface area contributed by atoms with Crippen LogP contribution in [0, 0.1) is 13.8 Å². The average Bonchev–Trinajstić information content (AvgIpc) is 3.22. The van der Waals surface area contributed by atoms with Gasteiger partial charge < -0.3 is 10.1 Å². The normalized spacial score (nSPS) is 18.0. The summed E-state index contributed by atoms with van der Waals surface area (Å²) in [5, 5.41) is 8.48. The highest BCUT2D eigenvalue weighted by molar-refractivity contribution is 7.15. The monoisotopic (exact) mass is 384 g/mol. The summed E-state index contributed by atoms with van der Waals surface area (Å²) in [6, 6.07) is 6.00. The van der Waals surface area contributed by atoms with Gasteiger partial charge in [0.2, 0.25) is 0 Å². The molecule has 7 nitrogen and oxygen atoms in total. The lowest BCUT2D eigenvalue weighted by molar-refractivity contribution is -0.0349. The van der Waals surface area contributed by atoms with E-state index in [9.17, 15) is 0 Å². The van der Waals surface area contributed by atoms with Crippen molar-refractivity contribution in [3.63, 3.8) is 0 Å². The van der Waals surface area contributed by atoms with Gasteiger partial charge in [-0.1, -0.05) is 6.07 Å². The van der Waals surface area contributed by atoms with Gasteiger partial charge in [0.1, 0.15) is 11.9 Å². The molecule has 27 heavy (non-hydrogen) atoms. The maximum atomic E-state index is 6.01. The standard InChI is InChI=1S/C19H24N6OS/c1-13-9-20-19(27-13)23-18-6-4-5-16(22-18)17-12-25(7-8-26-17)11-15-10-21-24(3)14(15)2/h4-6,9-10,17H,7-8,11-12H2,1-3H3,(H,20,22,23). The fourth-order valence-electron chi connectivity index (χ4n) is 3.19. The minimum Gasteiger partial charge on any atom is -0.369 e. The molecule has 0 bridgehead atoms. The zero-order valence-corrected chi connectivity index (χ0v) is 16.7. The van der Waals surface area contributed by atoms with Crippen molar-refractivity contribution in [2.45, 2.75) is 26.5 Å². The average molecular weight is 385 g/mol. The number of aromatic nitrogens is 4. The summed E-state index contributed by atoms with van der Waals surface area (Å²) in [5.41, 5.74) is 3.42. The molecule has 3 aromatic heterocycles. The molecular weight excluding hydrogens is 360 g/mol. The van der Waals surface area contributed by atoms with E-state index in [0.717, 1.165) is 36.3 Å². The van der Waals surface area contributed by atoms with E-state index in [2.05, 4.69) is 27.2 Å². The fraction of sp³-hybridized carbons (Fsp3) is 0.421. The summed E-state index contributed by atoms with van der Waals surface area (Å²) in [5.74, 6) is 0.797. The molecule has 1 N–H and O–H groups in total. The largest absolute Gasteiger partial charge is 0.369 e. The van der Waals surface area contributed by atoms with Crippen LogP contribution in [0.5, 0.6) is 0 Å². The molecule has 0 aliphatic carbocycles. The van der Waals surface area contributed by atoms with Crippen LogP contribution in [0.4, 0.5) is 10.9 Å². The molecule has 4 rings (SSSR count). The molecule has 4 heterocycles. The lowest BCUT2D eigenvalue weighted by atomic mass is 10.1. The summed E-state index contributed by atoms with van der Waals surface area (Å²) in [4.78, 5) is 12.7. The molecule has 8 heteroatoms. The molecule has 1 saturated heterocycles. The molecule has 1 fully saturated rings. The Kier molecular flexibility index (Phi) is 5.20. The zero-order valence-electron chi connectivity index (χ0n) is 15.8. The Morgan fingerprint density at radius 3 is 2.93 bits per heavy atom. The number of aryl methyl sites for hydroxylation is 2. The molecule has 0 radical (unpaired) electrons. The molecule has 1 atom stereocenters. The van der Waals surface area contributed by atoms with Crippen LogP contribution in [0.2, 0.25) is 0 Å². The van der Waals surface area contributed by atoms with Crippen molar-refractivity contribution in [3.05, 3.63) is 52.4 Å². The highest BCUT2D eigenvalue weighted by Gasteiger charge is 2.24. The molecule has 0 saturated carbocycles. The Bertz CT molecular complexity index is 921. The second-order valence-corrected chi connectivity index (χ2v) is 8.06. The molecule has 1 aliphatic heterocycles. The van der Waals surface area contributed by atoms with E-state index in [0.29, 0.717) is 6.61 Å². The maximum Gasteiger partial charge on any atom is 0.188 e.